The molecule has 0 N–H and O–H groups in total. The fraction of sp³-hybridized carbons (Fsp3) is 0.286. The third kappa shape index (κ3) is 3.68. The van der Waals surface area contributed by atoms with E-state index in [2.05, 4.69) is 19.0 Å². The summed E-state index contributed by atoms with van der Waals surface area (Å²) in [6.45, 7) is 4.35. The topological polar surface area (TPSA) is 44.5 Å². The first-order valence-electron chi connectivity index (χ1n) is 8.39. The van der Waals surface area contributed by atoms with E-state index in [-0.39, 0.29) is 0 Å². The van der Waals surface area contributed by atoms with Crippen LogP contribution in [-0.2, 0) is 6.42 Å². The van der Waals surface area contributed by atoms with E-state index < -0.39 is 0 Å². The first-order valence-corrected chi connectivity index (χ1v) is 8.39. The number of nitrogens with zero attached hydrogens (tertiary/aromatic N) is 1. The predicted octanol–water partition coefficient (Wildman–Crippen LogP) is 5.22. The molecule has 0 saturated carbocycles. The molecule has 25 heavy (non-hydrogen) atoms. The van der Waals surface area contributed by atoms with Crippen LogP contribution in [0.25, 0.3) is 22.4 Å². The fourth-order valence-electron chi connectivity index (χ4n) is 2.84. The highest BCUT2D eigenvalue weighted by Gasteiger charge is 2.20. The highest BCUT2D eigenvalue weighted by atomic mass is 16.5. The van der Waals surface area contributed by atoms with E-state index >= 15 is 0 Å². The number of benzene rings is 2. The molecule has 2 aromatic carbocycles. The highest BCUT2D eigenvalue weighted by molar-refractivity contribution is 5.82. The van der Waals surface area contributed by atoms with Crippen molar-refractivity contribution in [2.24, 2.45) is 5.92 Å². The molecule has 1 aromatic heterocycles. The summed E-state index contributed by atoms with van der Waals surface area (Å²) in [6, 6.07) is 15.9. The Kier molecular flexibility index (Phi) is 5.08. The van der Waals surface area contributed by atoms with Crippen LogP contribution in [0.2, 0.25) is 0 Å². The number of ether oxygens (including phenoxy) is 2. The minimum absolute atomic E-state index is 0.480. The largest absolute Gasteiger partial charge is 0.497 e. The van der Waals surface area contributed by atoms with Crippen molar-refractivity contribution in [1.82, 2.24) is 5.16 Å². The molecular formula is C21H23NO3. The lowest BCUT2D eigenvalue weighted by Crippen LogP contribution is -1.95. The number of methoxy groups -OCH3 is 2. The van der Waals surface area contributed by atoms with Crippen LogP contribution in [0.15, 0.2) is 53.1 Å². The molecule has 0 aliphatic rings. The smallest absolute Gasteiger partial charge is 0.145 e. The second kappa shape index (κ2) is 7.43. The van der Waals surface area contributed by atoms with E-state index in [9.17, 15) is 0 Å². The third-order valence-electron chi connectivity index (χ3n) is 4.10. The van der Waals surface area contributed by atoms with Crippen LogP contribution in [0.4, 0.5) is 0 Å². The molecule has 0 bridgehead atoms. The van der Waals surface area contributed by atoms with E-state index in [4.69, 9.17) is 14.0 Å². The zero-order chi connectivity index (χ0) is 17.8. The van der Waals surface area contributed by atoms with Crippen molar-refractivity contribution in [3.8, 4) is 33.9 Å². The van der Waals surface area contributed by atoms with E-state index in [1.54, 1.807) is 14.2 Å². The van der Waals surface area contributed by atoms with Crippen molar-refractivity contribution in [3.63, 3.8) is 0 Å². The predicted molar refractivity (Wildman–Crippen MR) is 99.0 cm³/mol. The van der Waals surface area contributed by atoms with Gasteiger partial charge in [-0.1, -0.05) is 31.1 Å². The average Bonchev–Trinajstić information content (AvgIpc) is 3.04. The van der Waals surface area contributed by atoms with E-state index in [1.165, 1.54) is 0 Å². The lowest BCUT2D eigenvalue weighted by Gasteiger charge is -2.08. The lowest BCUT2D eigenvalue weighted by molar-refractivity contribution is 0.371. The summed E-state index contributed by atoms with van der Waals surface area (Å²) in [5, 5.41) is 4.37. The number of hydrogen-bond donors (Lipinski definition) is 0. The Balaban J connectivity index is 2.09. The zero-order valence-corrected chi connectivity index (χ0v) is 15.1. The van der Waals surface area contributed by atoms with Gasteiger partial charge in [0.2, 0.25) is 0 Å². The summed E-state index contributed by atoms with van der Waals surface area (Å²) >= 11 is 0. The molecule has 0 atom stereocenters. The molecule has 1 heterocycles. The normalized spacial score (nSPS) is 10.9. The molecular weight excluding hydrogens is 314 g/mol. The number of aromatic nitrogens is 1. The summed E-state index contributed by atoms with van der Waals surface area (Å²) in [5.41, 5.74) is 3.97. The third-order valence-corrected chi connectivity index (χ3v) is 4.10. The molecule has 0 saturated heterocycles. The molecule has 3 aromatic rings. The molecule has 3 rings (SSSR count). The van der Waals surface area contributed by atoms with E-state index in [1.807, 2.05) is 48.5 Å². The quantitative estimate of drug-likeness (QED) is 0.618. The van der Waals surface area contributed by atoms with Gasteiger partial charge < -0.3 is 14.0 Å². The van der Waals surface area contributed by atoms with Gasteiger partial charge in [0.05, 0.1) is 19.8 Å². The standard InChI is InChI=1S/C21H23NO3/c1-14(2)13-19-20(15-5-9-17(23-3)10-6-15)21(22-25-19)16-7-11-18(24-4)12-8-16/h5-12,14H,13H2,1-4H3. The summed E-state index contributed by atoms with van der Waals surface area (Å²) in [5.74, 6) is 3.04. The maximum atomic E-state index is 5.72. The van der Waals surface area contributed by atoms with Crippen LogP contribution in [0.1, 0.15) is 19.6 Å². The van der Waals surface area contributed by atoms with Gasteiger partial charge in [-0.3, -0.25) is 0 Å². The molecule has 4 heteroatoms. The van der Waals surface area contributed by atoms with Crippen LogP contribution in [0.5, 0.6) is 11.5 Å². The van der Waals surface area contributed by atoms with Crippen molar-refractivity contribution in [3.05, 3.63) is 54.3 Å². The van der Waals surface area contributed by atoms with Crippen molar-refractivity contribution in [2.75, 3.05) is 14.2 Å². The monoisotopic (exact) mass is 337 g/mol. The second-order valence-electron chi connectivity index (χ2n) is 6.38. The second-order valence-corrected chi connectivity index (χ2v) is 6.38. The van der Waals surface area contributed by atoms with Gasteiger partial charge in [-0.15, -0.1) is 0 Å². The maximum Gasteiger partial charge on any atom is 0.145 e. The van der Waals surface area contributed by atoms with Crippen molar-refractivity contribution >= 4 is 0 Å². The van der Waals surface area contributed by atoms with Crippen molar-refractivity contribution in [2.45, 2.75) is 20.3 Å². The number of rotatable bonds is 6. The SMILES string of the molecule is COc1ccc(-c2noc(CC(C)C)c2-c2ccc(OC)cc2)cc1. The Labute approximate surface area is 148 Å². The Morgan fingerprint density at radius 2 is 1.36 bits per heavy atom. The molecule has 0 spiro atoms. The van der Waals surface area contributed by atoms with E-state index in [0.29, 0.717) is 5.92 Å². The van der Waals surface area contributed by atoms with Gasteiger partial charge in [0, 0.05) is 12.0 Å². The first kappa shape index (κ1) is 17.1. The van der Waals surface area contributed by atoms with Crippen LogP contribution >= 0.6 is 0 Å². The minimum Gasteiger partial charge on any atom is -0.497 e. The molecule has 0 unspecified atom stereocenters. The Morgan fingerprint density at radius 3 is 1.84 bits per heavy atom. The Hall–Kier alpha value is -2.75. The summed E-state index contributed by atoms with van der Waals surface area (Å²) in [4.78, 5) is 0. The number of hydrogen-bond acceptors (Lipinski definition) is 4. The Morgan fingerprint density at radius 1 is 0.840 bits per heavy atom. The van der Waals surface area contributed by atoms with E-state index in [0.717, 1.165) is 46.1 Å². The summed E-state index contributed by atoms with van der Waals surface area (Å²) in [7, 11) is 3.33. The van der Waals surface area contributed by atoms with Gasteiger partial charge in [0.25, 0.3) is 0 Å². The van der Waals surface area contributed by atoms with Crippen LogP contribution < -0.4 is 9.47 Å². The van der Waals surface area contributed by atoms with Crippen molar-refractivity contribution < 1.29 is 14.0 Å². The molecule has 0 radical (unpaired) electrons. The van der Waals surface area contributed by atoms with Crippen LogP contribution in [0.3, 0.4) is 0 Å². The minimum atomic E-state index is 0.480. The van der Waals surface area contributed by atoms with Crippen LogP contribution in [0, 0.1) is 5.92 Å². The maximum absolute atomic E-state index is 5.72. The van der Waals surface area contributed by atoms with Crippen molar-refractivity contribution in [1.29, 1.82) is 0 Å². The van der Waals surface area contributed by atoms with Gasteiger partial charge in [-0.2, -0.15) is 0 Å². The summed E-state index contributed by atoms with van der Waals surface area (Å²) in [6.07, 6.45) is 0.838. The molecule has 0 fully saturated rings. The molecule has 4 nitrogen and oxygen atoms in total. The van der Waals surface area contributed by atoms with Gasteiger partial charge in [0.1, 0.15) is 23.0 Å². The first-order chi connectivity index (χ1) is 12.1. The Bertz CT molecular complexity index is 817. The van der Waals surface area contributed by atoms with Gasteiger partial charge >= 0.3 is 0 Å². The highest BCUT2D eigenvalue weighted by Crippen LogP contribution is 2.36. The molecule has 0 amide bonds. The van der Waals surface area contributed by atoms with Crippen LogP contribution in [-0.4, -0.2) is 19.4 Å². The fourth-order valence-corrected chi connectivity index (χ4v) is 2.84. The van der Waals surface area contributed by atoms with Gasteiger partial charge in [-0.25, -0.2) is 0 Å². The summed E-state index contributed by atoms with van der Waals surface area (Å²) < 4.78 is 16.2. The zero-order valence-electron chi connectivity index (χ0n) is 15.1. The lowest BCUT2D eigenvalue weighted by atomic mass is 9.95. The molecule has 0 aliphatic heterocycles. The molecule has 130 valence electrons. The van der Waals surface area contributed by atoms with Gasteiger partial charge in [0.15, 0.2) is 0 Å². The molecule has 0 aliphatic carbocycles. The average molecular weight is 337 g/mol. The van der Waals surface area contributed by atoms with Gasteiger partial charge in [-0.05, 0) is 47.9 Å².